The van der Waals surface area contributed by atoms with Gasteiger partial charge in [0, 0.05) is 12.4 Å². The largest absolute Gasteiger partial charge is 0.264 e. The van der Waals surface area contributed by atoms with Gasteiger partial charge in [0.15, 0.2) is 0 Å². The standard InChI is InChI=1S/C20H23N/c1-6-19(20-12-14(2)9-10-15(20)3)17(5)16(4)18-8-7-11-21-13-18/h6-13H,1-5H3/b17-16+,19-6-. The van der Waals surface area contributed by atoms with Crippen molar-refractivity contribution in [3.05, 3.63) is 76.6 Å². The summed E-state index contributed by atoms with van der Waals surface area (Å²) in [5, 5.41) is 0. The van der Waals surface area contributed by atoms with Gasteiger partial charge in [-0.15, -0.1) is 0 Å². The van der Waals surface area contributed by atoms with Crippen LogP contribution in [0, 0.1) is 13.8 Å². The van der Waals surface area contributed by atoms with Crippen molar-refractivity contribution < 1.29 is 0 Å². The Balaban J connectivity index is 2.54. The fourth-order valence-electron chi connectivity index (χ4n) is 2.60. The van der Waals surface area contributed by atoms with E-state index in [0.29, 0.717) is 0 Å². The molecule has 1 aromatic carbocycles. The van der Waals surface area contributed by atoms with Crippen LogP contribution in [0.2, 0.25) is 0 Å². The van der Waals surface area contributed by atoms with E-state index in [4.69, 9.17) is 0 Å². The van der Waals surface area contributed by atoms with Gasteiger partial charge in [0.1, 0.15) is 0 Å². The maximum Gasteiger partial charge on any atom is 0.0343 e. The number of hydrogen-bond donors (Lipinski definition) is 0. The van der Waals surface area contributed by atoms with E-state index in [2.05, 4.69) is 69.9 Å². The number of rotatable bonds is 3. The van der Waals surface area contributed by atoms with Gasteiger partial charge in [-0.2, -0.15) is 0 Å². The SMILES string of the molecule is C/C=C(/C(C)=C(\C)c1cccnc1)c1cc(C)ccc1C. The Morgan fingerprint density at radius 3 is 2.48 bits per heavy atom. The molecule has 0 amide bonds. The molecular weight excluding hydrogens is 254 g/mol. The molecule has 1 heteroatoms. The molecule has 2 rings (SSSR count). The third kappa shape index (κ3) is 3.30. The molecule has 0 atom stereocenters. The molecule has 2 aromatic rings. The second-order valence-electron chi connectivity index (χ2n) is 5.51. The van der Waals surface area contributed by atoms with Gasteiger partial charge >= 0.3 is 0 Å². The molecule has 0 fully saturated rings. The van der Waals surface area contributed by atoms with Gasteiger partial charge in [0.05, 0.1) is 0 Å². The van der Waals surface area contributed by atoms with Crippen LogP contribution in [0.5, 0.6) is 0 Å². The fraction of sp³-hybridized carbons (Fsp3) is 0.250. The monoisotopic (exact) mass is 277 g/mol. The average molecular weight is 277 g/mol. The van der Waals surface area contributed by atoms with Gasteiger partial charge in [0.25, 0.3) is 0 Å². The molecule has 1 nitrogen and oxygen atoms in total. The second-order valence-corrected chi connectivity index (χ2v) is 5.51. The van der Waals surface area contributed by atoms with Crippen molar-refractivity contribution in [3.8, 4) is 0 Å². The normalized spacial score (nSPS) is 13.1. The van der Waals surface area contributed by atoms with Crippen molar-refractivity contribution in [2.45, 2.75) is 34.6 Å². The second kappa shape index (κ2) is 6.53. The number of aromatic nitrogens is 1. The van der Waals surface area contributed by atoms with Crippen LogP contribution < -0.4 is 0 Å². The zero-order chi connectivity index (χ0) is 15.4. The summed E-state index contributed by atoms with van der Waals surface area (Å²) in [6, 6.07) is 10.7. The van der Waals surface area contributed by atoms with Crippen LogP contribution in [0.3, 0.4) is 0 Å². The number of aryl methyl sites for hydroxylation is 2. The quantitative estimate of drug-likeness (QED) is 0.666. The predicted octanol–water partition coefficient (Wildman–Crippen LogP) is 5.60. The van der Waals surface area contributed by atoms with Gasteiger partial charge in [-0.1, -0.05) is 35.9 Å². The van der Waals surface area contributed by atoms with E-state index in [1.165, 1.54) is 39.0 Å². The summed E-state index contributed by atoms with van der Waals surface area (Å²) in [5.41, 5.74) is 8.99. The first-order valence-electron chi connectivity index (χ1n) is 7.36. The first kappa shape index (κ1) is 15.2. The topological polar surface area (TPSA) is 12.9 Å². The molecule has 0 saturated heterocycles. The molecule has 0 radical (unpaired) electrons. The smallest absolute Gasteiger partial charge is 0.0343 e. The lowest BCUT2D eigenvalue weighted by atomic mass is 9.90. The summed E-state index contributed by atoms with van der Waals surface area (Å²) in [4.78, 5) is 4.22. The van der Waals surface area contributed by atoms with Crippen LogP contribution in [0.4, 0.5) is 0 Å². The van der Waals surface area contributed by atoms with E-state index >= 15 is 0 Å². The van der Waals surface area contributed by atoms with Crippen LogP contribution in [0.15, 0.2) is 54.4 Å². The van der Waals surface area contributed by atoms with E-state index in [-0.39, 0.29) is 0 Å². The minimum Gasteiger partial charge on any atom is -0.264 e. The molecule has 0 aliphatic heterocycles. The molecule has 108 valence electrons. The van der Waals surface area contributed by atoms with Crippen molar-refractivity contribution in [1.29, 1.82) is 0 Å². The highest BCUT2D eigenvalue weighted by atomic mass is 14.6. The van der Waals surface area contributed by atoms with E-state index in [9.17, 15) is 0 Å². The van der Waals surface area contributed by atoms with Crippen molar-refractivity contribution in [1.82, 2.24) is 4.98 Å². The van der Waals surface area contributed by atoms with Crippen LogP contribution in [0.25, 0.3) is 11.1 Å². The summed E-state index contributed by atoms with van der Waals surface area (Å²) >= 11 is 0. The molecule has 1 heterocycles. The summed E-state index contributed by atoms with van der Waals surface area (Å²) < 4.78 is 0. The van der Waals surface area contributed by atoms with Crippen molar-refractivity contribution in [3.63, 3.8) is 0 Å². The van der Waals surface area contributed by atoms with Gasteiger partial charge in [0.2, 0.25) is 0 Å². The molecule has 0 unspecified atom stereocenters. The molecule has 0 N–H and O–H groups in total. The summed E-state index contributed by atoms with van der Waals surface area (Å²) in [5.74, 6) is 0. The lowest BCUT2D eigenvalue weighted by Gasteiger charge is -2.15. The highest BCUT2D eigenvalue weighted by Gasteiger charge is 2.10. The highest BCUT2D eigenvalue weighted by molar-refractivity contribution is 5.89. The first-order chi connectivity index (χ1) is 10.0. The summed E-state index contributed by atoms with van der Waals surface area (Å²) in [6.45, 7) is 10.8. The number of allylic oxidation sites excluding steroid dienone is 4. The third-order valence-corrected chi connectivity index (χ3v) is 4.03. The van der Waals surface area contributed by atoms with Gasteiger partial charge < -0.3 is 0 Å². The van der Waals surface area contributed by atoms with E-state index in [0.717, 1.165) is 0 Å². The summed E-state index contributed by atoms with van der Waals surface area (Å²) in [6.07, 6.45) is 5.94. The Hall–Kier alpha value is -2.15. The molecule has 0 aliphatic rings. The highest BCUT2D eigenvalue weighted by Crippen LogP contribution is 2.31. The van der Waals surface area contributed by atoms with E-state index < -0.39 is 0 Å². The van der Waals surface area contributed by atoms with Crippen LogP contribution >= 0.6 is 0 Å². The molecule has 0 bridgehead atoms. The Kier molecular flexibility index (Phi) is 4.74. The predicted molar refractivity (Wildman–Crippen MR) is 92.1 cm³/mol. The molecule has 0 spiro atoms. The number of hydrogen-bond acceptors (Lipinski definition) is 1. The zero-order valence-electron chi connectivity index (χ0n) is 13.6. The maximum absolute atomic E-state index is 4.22. The minimum absolute atomic E-state index is 1.18. The Labute approximate surface area is 128 Å². The van der Waals surface area contributed by atoms with Crippen LogP contribution in [0.1, 0.15) is 43.0 Å². The Morgan fingerprint density at radius 2 is 1.86 bits per heavy atom. The molecule has 1 aromatic heterocycles. The number of pyridine rings is 1. The fourth-order valence-corrected chi connectivity index (χ4v) is 2.60. The van der Waals surface area contributed by atoms with Gasteiger partial charge in [-0.25, -0.2) is 0 Å². The molecular formula is C20H23N. The molecule has 21 heavy (non-hydrogen) atoms. The van der Waals surface area contributed by atoms with Crippen LogP contribution in [-0.2, 0) is 0 Å². The minimum atomic E-state index is 1.18. The van der Waals surface area contributed by atoms with E-state index in [1.807, 2.05) is 18.5 Å². The molecule has 0 saturated carbocycles. The lowest BCUT2D eigenvalue weighted by Crippen LogP contribution is -1.95. The average Bonchev–Trinajstić information content (AvgIpc) is 2.51. The van der Waals surface area contributed by atoms with Gasteiger partial charge in [-0.05, 0) is 74.1 Å². The van der Waals surface area contributed by atoms with Gasteiger partial charge in [-0.3, -0.25) is 4.98 Å². The number of benzene rings is 1. The number of nitrogens with zero attached hydrogens (tertiary/aromatic N) is 1. The maximum atomic E-state index is 4.22. The van der Waals surface area contributed by atoms with Crippen LogP contribution in [-0.4, -0.2) is 4.98 Å². The van der Waals surface area contributed by atoms with E-state index in [1.54, 1.807) is 0 Å². The van der Waals surface area contributed by atoms with Crippen molar-refractivity contribution in [2.75, 3.05) is 0 Å². The Bertz CT molecular complexity index is 691. The first-order valence-corrected chi connectivity index (χ1v) is 7.36. The zero-order valence-corrected chi connectivity index (χ0v) is 13.6. The lowest BCUT2D eigenvalue weighted by molar-refractivity contribution is 1.29. The van der Waals surface area contributed by atoms with Crippen molar-refractivity contribution in [2.24, 2.45) is 0 Å². The Morgan fingerprint density at radius 1 is 1.10 bits per heavy atom. The van der Waals surface area contributed by atoms with Crippen molar-refractivity contribution >= 4 is 11.1 Å². The summed E-state index contributed by atoms with van der Waals surface area (Å²) in [7, 11) is 0. The third-order valence-electron chi connectivity index (χ3n) is 4.03. The molecule has 0 aliphatic carbocycles.